The lowest BCUT2D eigenvalue weighted by Crippen LogP contribution is -2.62. The van der Waals surface area contributed by atoms with E-state index in [0.29, 0.717) is 44.9 Å². The Balaban J connectivity index is 1.68. The van der Waals surface area contributed by atoms with Crippen LogP contribution in [-0.2, 0) is 16.6 Å². The number of carbonyl (C=O) groups is 1. The third-order valence-corrected chi connectivity index (χ3v) is 14.2. The number of unbranched alkanes of at least 4 members (excludes halogenated alkanes) is 1. The van der Waals surface area contributed by atoms with Gasteiger partial charge in [-0.1, -0.05) is 93.4 Å². The third kappa shape index (κ3) is 12.8. The molecule has 0 radical (unpaired) electrons. The second kappa shape index (κ2) is 23.4. The number of rotatable bonds is 18. The highest BCUT2D eigenvalue weighted by Gasteiger charge is 2.54. The summed E-state index contributed by atoms with van der Waals surface area (Å²) in [6, 6.07) is 13.4. The maximum absolute atomic E-state index is 13.3. The number of aliphatic carboxylic acids is 1. The van der Waals surface area contributed by atoms with Crippen LogP contribution in [0.25, 0.3) is 0 Å². The molecule has 342 valence electrons. The lowest BCUT2D eigenvalue weighted by molar-refractivity contribution is -0.138. The van der Waals surface area contributed by atoms with Crippen molar-refractivity contribution in [1.82, 2.24) is 10.6 Å². The summed E-state index contributed by atoms with van der Waals surface area (Å²) in [7, 11) is 0. The number of carboxylic acid groups (broad SMARTS) is 1. The number of aromatic hydroxyl groups is 1. The van der Waals surface area contributed by atoms with E-state index in [1.54, 1.807) is 18.2 Å². The maximum Gasteiger partial charge on any atom is 0.303 e. The fraction of sp³-hybridized carbons (Fsp3) is 0.627. The first-order valence-corrected chi connectivity index (χ1v) is 23.2. The average Bonchev–Trinajstić information content (AvgIpc) is 3.69. The summed E-state index contributed by atoms with van der Waals surface area (Å²) in [5.74, 6) is 5.79. The van der Waals surface area contributed by atoms with Crippen LogP contribution in [0.15, 0.2) is 71.8 Å². The molecule has 62 heavy (non-hydrogen) atoms. The second-order valence-corrected chi connectivity index (χ2v) is 18.6. The molecule has 2 aromatic carbocycles. The number of nitrogens with one attached hydrogen (secondary N) is 2. The van der Waals surface area contributed by atoms with Crippen molar-refractivity contribution < 1.29 is 45.6 Å². The van der Waals surface area contributed by atoms with Crippen molar-refractivity contribution in [3.05, 3.63) is 88.5 Å². The van der Waals surface area contributed by atoms with Crippen molar-refractivity contribution in [2.24, 2.45) is 5.92 Å². The minimum absolute atomic E-state index is 0.0457. The number of fused-ring (bicyclic) bond motifs is 1. The molecule has 2 heterocycles. The van der Waals surface area contributed by atoms with E-state index in [-0.39, 0.29) is 43.4 Å². The molecular formula is C51H74N2O9. The molecule has 1 saturated carbocycles. The smallest absolute Gasteiger partial charge is 0.303 e. The Kier molecular flexibility index (Phi) is 18.7. The molecule has 3 aliphatic rings. The number of hydrogen-bond donors (Lipinski definition) is 10. The molecular weight excluding hydrogens is 785 g/mol. The number of aliphatic hydroxyl groups is 6. The van der Waals surface area contributed by atoms with Crippen LogP contribution < -0.4 is 10.6 Å². The summed E-state index contributed by atoms with van der Waals surface area (Å²) in [6.07, 6.45) is 8.71. The second-order valence-electron chi connectivity index (χ2n) is 18.6. The molecule has 0 bridgehead atoms. The zero-order valence-corrected chi connectivity index (χ0v) is 37.2. The first kappa shape index (κ1) is 49.4. The molecule has 1 aliphatic carbocycles. The first-order chi connectivity index (χ1) is 29.7. The lowest BCUT2D eigenvalue weighted by atomic mass is 9.63. The van der Waals surface area contributed by atoms with Crippen molar-refractivity contribution in [2.45, 2.75) is 190 Å². The van der Waals surface area contributed by atoms with Crippen LogP contribution in [0.3, 0.4) is 0 Å². The fourth-order valence-electron chi connectivity index (χ4n) is 10.5. The number of phenols is 1. The molecule has 0 aromatic heterocycles. The molecule has 11 heteroatoms. The van der Waals surface area contributed by atoms with E-state index < -0.39 is 66.1 Å². The fourth-order valence-corrected chi connectivity index (χ4v) is 10.5. The Bertz CT molecular complexity index is 1840. The monoisotopic (exact) mass is 859 g/mol. The Labute approximate surface area is 369 Å². The van der Waals surface area contributed by atoms with Crippen LogP contribution in [0.4, 0.5) is 0 Å². The summed E-state index contributed by atoms with van der Waals surface area (Å²) >= 11 is 0. The number of benzene rings is 2. The van der Waals surface area contributed by atoms with Crippen LogP contribution in [0.1, 0.15) is 140 Å². The molecule has 0 unspecified atom stereocenters. The Morgan fingerprint density at radius 3 is 2.40 bits per heavy atom. The van der Waals surface area contributed by atoms with Gasteiger partial charge in [0.25, 0.3) is 0 Å². The molecule has 0 amide bonds. The lowest BCUT2D eigenvalue weighted by Gasteiger charge is -2.49. The summed E-state index contributed by atoms with van der Waals surface area (Å²) in [5, 5.41) is 96.6. The number of hydrogen-bond acceptors (Lipinski definition) is 10. The van der Waals surface area contributed by atoms with Gasteiger partial charge in [0.05, 0.1) is 36.6 Å². The van der Waals surface area contributed by atoms with Crippen molar-refractivity contribution in [3.63, 3.8) is 0 Å². The van der Waals surface area contributed by atoms with Crippen molar-refractivity contribution in [2.75, 3.05) is 6.61 Å². The number of phenolic OH excluding ortho intramolecular Hbond substituents is 1. The van der Waals surface area contributed by atoms with E-state index in [9.17, 15) is 45.6 Å². The van der Waals surface area contributed by atoms with Gasteiger partial charge in [-0.2, -0.15) is 0 Å². The van der Waals surface area contributed by atoms with Gasteiger partial charge in [0.1, 0.15) is 5.75 Å². The number of allylic oxidation sites excluding steroid dienone is 2. The van der Waals surface area contributed by atoms with Gasteiger partial charge in [-0.3, -0.25) is 4.79 Å². The topological polar surface area (TPSA) is 203 Å². The van der Waals surface area contributed by atoms with E-state index in [1.165, 1.54) is 0 Å². The molecule has 10 N–H and O–H groups in total. The Morgan fingerprint density at radius 2 is 1.71 bits per heavy atom. The predicted molar refractivity (Wildman–Crippen MR) is 242 cm³/mol. The summed E-state index contributed by atoms with van der Waals surface area (Å²) in [4.78, 5) is 12.0. The largest absolute Gasteiger partial charge is 0.508 e. The first-order valence-electron chi connectivity index (χ1n) is 23.2. The molecule has 5 rings (SSSR count). The van der Waals surface area contributed by atoms with Crippen molar-refractivity contribution in [3.8, 4) is 17.6 Å². The van der Waals surface area contributed by atoms with Gasteiger partial charge >= 0.3 is 5.97 Å². The quantitative estimate of drug-likeness (QED) is 0.0796. The van der Waals surface area contributed by atoms with Gasteiger partial charge in [-0.15, -0.1) is 0 Å². The maximum atomic E-state index is 13.3. The highest BCUT2D eigenvalue weighted by molar-refractivity contribution is 5.67. The van der Waals surface area contributed by atoms with Crippen LogP contribution in [0, 0.1) is 17.8 Å². The molecule has 10 atom stereocenters. The minimum Gasteiger partial charge on any atom is -0.508 e. The van der Waals surface area contributed by atoms with Gasteiger partial charge in [-0.05, 0) is 124 Å². The zero-order chi connectivity index (χ0) is 44.9. The summed E-state index contributed by atoms with van der Waals surface area (Å²) < 4.78 is 0. The van der Waals surface area contributed by atoms with Crippen LogP contribution in [-0.4, -0.2) is 108 Å². The highest BCUT2D eigenvalue weighted by atomic mass is 16.4. The SMILES string of the molecule is CCCC[C@H](O)[C@H](O)/C=C/C1=C(\C[C@H](O)CO)[C@H](CC[C@H](O)[C@H]2N[C@H](C)CCC[C@@H]2CC(=O)O)N[C@@H]([C@](C)(O)C2(c3ccc(O)cc3)CCCC2)CC#Cc2ccccc2CC1. The van der Waals surface area contributed by atoms with Gasteiger partial charge in [0, 0.05) is 48.0 Å². The van der Waals surface area contributed by atoms with Crippen LogP contribution >= 0.6 is 0 Å². The van der Waals surface area contributed by atoms with Gasteiger partial charge in [0.15, 0.2) is 0 Å². The number of carboxylic acids is 1. The molecule has 0 spiro atoms. The third-order valence-electron chi connectivity index (χ3n) is 14.2. The van der Waals surface area contributed by atoms with E-state index >= 15 is 0 Å². The summed E-state index contributed by atoms with van der Waals surface area (Å²) in [5.41, 5.74) is 2.18. The van der Waals surface area contributed by atoms with Gasteiger partial charge < -0.3 is 51.5 Å². The van der Waals surface area contributed by atoms with E-state index in [2.05, 4.69) is 29.4 Å². The van der Waals surface area contributed by atoms with E-state index in [1.807, 2.05) is 56.3 Å². The predicted octanol–water partition coefficient (Wildman–Crippen LogP) is 5.94. The zero-order valence-electron chi connectivity index (χ0n) is 37.2. The average molecular weight is 859 g/mol. The minimum atomic E-state index is -1.42. The van der Waals surface area contributed by atoms with Crippen molar-refractivity contribution >= 4 is 5.97 Å². The Morgan fingerprint density at radius 1 is 0.984 bits per heavy atom. The Hall–Kier alpha value is -3.57. The van der Waals surface area contributed by atoms with Crippen molar-refractivity contribution in [1.29, 1.82) is 0 Å². The number of aryl methyl sites for hydroxylation is 1. The number of aliphatic hydroxyl groups excluding tert-OH is 5. The van der Waals surface area contributed by atoms with Crippen LogP contribution in [0.5, 0.6) is 5.75 Å². The van der Waals surface area contributed by atoms with E-state index in [4.69, 9.17) is 0 Å². The molecule has 11 nitrogen and oxygen atoms in total. The molecule has 2 aliphatic heterocycles. The normalized spacial score (nSPS) is 27.6. The van der Waals surface area contributed by atoms with Crippen LogP contribution in [0.2, 0.25) is 0 Å². The standard InChI is InChI=1S/C51H74N2O9/c1-4-5-17-44(57)45(58)27-21-37-20-19-36-14-7-6-13-35(36)15-11-18-47(50(3,62)51(29-8-9-30-51)39-22-24-40(55)25-23-39)53-43(42(37)32-41(56)33-54)26-28-46(59)49-38(31-48(60)61)16-10-12-34(2)52-49/h6-7,13-14,21-25,27,34,38,41,43-47,49,52-59,62H,4-5,8-10,12,16-20,26,28-33H2,1-3H3,(H,60,61)/b27-21+,42-37+/t34-,38-,41+,43+,44+,45-,46+,47-,49+,50+/m1/s1. The van der Waals surface area contributed by atoms with Gasteiger partial charge in [-0.25, -0.2) is 0 Å². The van der Waals surface area contributed by atoms with Gasteiger partial charge in [0.2, 0.25) is 0 Å². The highest BCUT2D eigenvalue weighted by Crippen LogP contribution is 2.51. The van der Waals surface area contributed by atoms with E-state index in [0.717, 1.165) is 66.4 Å². The molecule has 2 aromatic rings. The molecule has 2 fully saturated rings. The molecule has 1 saturated heterocycles. The summed E-state index contributed by atoms with van der Waals surface area (Å²) in [6.45, 7) is 5.44.